The molecule has 1 fully saturated rings. The van der Waals surface area contributed by atoms with Gasteiger partial charge in [-0.15, -0.1) is 0 Å². The second-order valence-corrected chi connectivity index (χ2v) is 8.26. The Kier molecular flexibility index (Phi) is 6.63. The smallest absolute Gasteiger partial charge is 0.253 e. The topological polar surface area (TPSA) is 49.4 Å². The van der Waals surface area contributed by atoms with E-state index in [1.807, 2.05) is 24.3 Å². The average Bonchev–Trinajstić information content (AvgIpc) is 2.70. The summed E-state index contributed by atoms with van der Waals surface area (Å²) in [6, 6.07) is 12.7. The first-order valence-electron chi connectivity index (χ1n) is 9.50. The van der Waals surface area contributed by atoms with Gasteiger partial charge in [-0.25, -0.2) is 0 Å². The molecule has 2 amide bonds. The van der Waals surface area contributed by atoms with Crippen molar-refractivity contribution in [1.29, 1.82) is 0 Å². The number of hydrogen-bond acceptors (Lipinski definition) is 2. The number of carbonyl (C=O) groups is 2. The molecule has 1 aliphatic heterocycles. The van der Waals surface area contributed by atoms with Crippen LogP contribution in [0.15, 0.2) is 42.5 Å². The maximum Gasteiger partial charge on any atom is 0.253 e. The summed E-state index contributed by atoms with van der Waals surface area (Å²) in [6.07, 6.45) is 1.45. The fraction of sp³-hybridized carbons (Fsp3) is 0.364. The third-order valence-corrected chi connectivity index (χ3v) is 5.86. The van der Waals surface area contributed by atoms with Crippen LogP contribution in [-0.2, 0) is 0 Å². The van der Waals surface area contributed by atoms with E-state index in [9.17, 15) is 9.59 Å². The highest BCUT2D eigenvalue weighted by Gasteiger charge is 2.25. The van der Waals surface area contributed by atoms with Crippen molar-refractivity contribution in [2.24, 2.45) is 0 Å². The normalized spacial score (nSPS) is 15.0. The van der Waals surface area contributed by atoms with Gasteiger partial charge in [-0.1, -0.05) is 49.2 Å². The maximum atomic E-state index is 12.6. The van der Waals surface area contributed by atoms with Crippen LogP contribution in [0.2, 0.25) is 10.0 Å². The van der Waals surface area contributed by atoms with Crippen LogP contribution < -0.4 is 5.32 Å². The van der Waals surface area contributed by atoms with E-state index in [1.165, 1.54) is 5.56 Å². The third-order valence-electron chi connectivity index (χ3n) is 5.12. The molecule has 6 heteroatoms. The standard InChI is InChI=1S/C22H24Cl2N2O2/c1-14(2)15-3-5-16(6-4-15)21(27)25-18-9-11-26(12-10-18)22(28)17-7-8-19(23)20(24)13-17/h3-8,13-14,18H,9-12H2,1-2H3,(H,25,27). The molecule has 0 unspecified atom stereocenters. The van der Waals surface area contributed by atoms with Gasteiger partial charge in [0.05, 0.1) is 10.0 Å². The molecule has 1 saturated heterocycles. The van der Waals surface area contributed by atoms with Crippen molar-refractivity contribution in [3.63, 3.8) is 0 Å². The van der Waals surface area contributed by atoms with Crippen LogP contribution in [0.3, 0.4) is 0 Å². The lowest BCUT2D eigenvalue weighted by Crippen LogP contribution is -2.46. The molecule has 1 aliphatic rings. The zero-order valence-corrected chi connectivity index (χ0v) is 17.6. The van der Waals surface area contributed by atoms with Crippen molar-refractivity contribution >= 4 is 35.0 Å². The third kappa shape index (κ3) is 4.86. The number of rotatable bonds is 4. The van der Waals surface area contributed by atoms with Crippen molar-refractivity contribution in [1.82, 2.24) is 10.2 Å². The molecular formula is C22H24Cl2N2O2. The van der Waals surface area contributed by atoms with Crippen LogP contribution in [-0.4, -0.2) is 35.8 Å². The van der Waals surface area contributed by atoms with Gasteiger partial charge in [-0.05, 0) is 54.7 Å². The highest BCUT2D eigenvalue weighted by atomic mass is 35.5. The summed E-state index contributed by atoms with van der Waals surface area (Å²) in [5, 5.41) is 3.89. The molecular weight excluding hydrogens is 395 g/mol. The number of amides is 2. The van der Waals surface area contributed by atoms with Crippen molar-refractivity contribution in [3.8, 4) is 0 Å². The van der Waals surface area contributed by atoms with Crippen molar-refractivity contribution in [2.75, 3.05) is 13.1 Å². The summed E-state index contributed by atoms with van der Waals surface area (Å²) < 4.78 is 0. The van der Waals surface area contributed by atoms with E-state index in [2.05, 4.69) is 19.2 Å². The Hall–Kier alpha value is -2.04. The lowest BCUT2D eigenvalue weighted by atomic mass is 10.0. The Morgan fingerprint density at radius 3 is 2.14 bits per heavy atom. The highest BCUT2D eigenvalue weighted by molar-refractivity contribution is 6.42. The predicted octanol–water partition coefficient (Wildman–Crippen LogP) is 5.15. The molecule has 2 aromatic carbocycles. The number of halogens is 2. The Morgan fingerprint density at radius 2 is 1.57 bits per heavy atom. The molecule has 1 heterocycles. The van der Waals surface area contributed by atoms with E-state index in [0.29, 0.717) is 40.2 Å². The summed E-state index contributed by atoms with van der Waals surface area (Å²) in [5.41, 5.74) is 2.41. The zero-order valence-electron chi connectivity index (χ0n) is 16.0. The summed E-state index contributed by atoms with van der Waals surface area (Å²) >= 11 is 11.9. The monoisotopic (exact) mass is 418 g/mol. The quantitative estimate of drug-likeness (QED) is 0.745. The van der Waals surface area contributed by atoms with E-state index in [0.717, 1.165) is 12.8 Å². The van der Waals surface area contributed by atoms with E-state index in [4.69, 9.17) is 23.2 Å². The number of piperidine rings is 1. The SMILES string of the molecule is CC(C)c1ccc(C(=O)NC2CCN(C(=O)c3ccc(Cl)c(Cl)c3)CC2)cc1. The van der Waals surface area contributed by atoms with Crippen molar-refractivity contribution < 1.29 is 9.59 Å². The molecule has 0 aromatic heterocycles. The number of hydrogen-bond donors (Lipinski definition) is 1. The Labute approximate surface area is 175 Å². The Morgan fingerprint density at radius 1 is 0.964 bits per heavy atom. The van der Waals surface area contributed by atoms with Crippen LogP contribution in [0.5, 0.6) is 0 Å². The van der Waals surface area contributed by atoms with Gasteiger partial charge in [0, 0.05) is 30.3 Å². The van der Waals surface area contributed by atoms with Gasteiger partial charge < -0.3 is 10.2 Å². The van der Waals surface area contributed by atoms with Crippen molar-refractivity contribution in [2.45, 2.75) is 38.6 Å². The van der Waals surface area contributed by atoms with E-state index < -0.39 is 0 Å². The first kappa shape index (κ1) is 20.7. The molecule has 0 radical (unpaired) electrons. The van der Waals surface area contributed by atoms with Crippen LogP contribution in [0.25, 0.3) is 0 Å². The molecule has 4 nitrogen and oxygen atoms in total. The molecule has 2 aromatic rings. The maximum absolute atomic E-state index is 12.6. The van der Waals surface area contributed by atoms with Crippen LogP contribution >= 0.6 is 23.2 Å². The van der Waals surface area contributed by atoms with Gasteiger partial charge >= 0.3 is 0 Å². The summed E-state index contributed by atoms with van der Waals surface area (Å²) in [5.74, 6) is 0.312. The van der Waals surface area contributed by atoms with Gasteiger partial charge in [0.15, 0.2) is 0 Å². The Balaban J connectivity index is 1.54. The molecule has 0 saturated carbocycles. The number of benzene rings is 2. The van der Waals surface area contributed by atoms with E-state index in [1.54, 1.807) is 23.1 Å². The van der Waals surface area contributed by atoms with Crippen molar-refractivity contribution in [3.05, 3.63) is 69.2 Å². The summed E-state index contributed by atoms with van der Waals surface area (Å²) in [4.78, 5) is 26.9. The highest BCUT2D eigenvalue weighted by Crippen LogP contribution is 2.24. The van der Waals surface area contributed by atoms with Gasteiger partial charge in [0.2, 0.25) is 0 Å². The average molecular weight is 419 g/mol. The minimum absolute atomic E-state index is 0.0624. The fourth-order valence-electron chi connectivity index (χ4n) is 3.33. The number of carbonyl (C=O) groups excluding carboxylic acids is 2. The second kappa shape index (κ2) is 8.97. The predicted molar refractivity (Wildman–Crippen MR) is 113 cm³/mol. The van der Waals surface area contributed by atoms with E-state index in [-0.39, 0.29) is 17.9 Å². The Bertz CT molecular complexity index is 857. The minimum atomic E-state index is -0.0652. The molecule has 0 spiro atoms. The van der Waals surface area contributed by atoms with Gasteiger partial charge in [0.1, 0.15) is 0 Å². The minimum Gasteiger partial charge on any atom is -0.349 e. The first-order valence-corrected chi connectivity index (χ1v) is 10.3. The summed E-state index contributed by atoms with van der Waals surface area (Å²) in [6.45, 7) is 5.44. The first-order chi connectivity index (χ1) is 13.3. The van der Waals surface area contributed by atoms with Crippen LogP contribution in [0.4, 0.5) is 0 Å². The fourth-order valence-corrected chi connectivity index (χ4v) is 3.62. The molecule has 3 rings (SSSR count). The summed E-state index contributed by atoms with van der Waals surface area (Å²) in [7, 11) is 0. The largest absolute Gasteiger partial charge is 0.349 e. The van der Waals surface area contributed by atoms with Crippen LogP contribution in [0.1, 0.15) is 58.9 Å². The van der Waals surface area contributed by atoms with Gasteiger partial charge in [-0.3, -0.25) is 9.59 Å². The molecule has 0 atom stereocenters. The molecule has 0 bridgehead atoms. The molecule has 0 aliphatic carbocycles. The number of likely N-dealkylation sites (tertiary alicyclic amines) is 1. The zero-order chi connectivity index (χ0) is 20.3. The van der Waals surface area contributed by atoms with Gasteiger partial charge in [0.25, 0.3) is 11.8 Å². The molecule has 28 heavy (non-hydrogen) atoms. The van der Waals surface area contributed by atoms with Crippen LogP contribution in [0, 0.1) is 0 Å². The number of nitrogens with zero attached hydrogens (tertiary/aromatic N) is 1. The lowest BCUT2D eigenvalue weighted by Gasteiger charge is -2.32. The van der Waals surface area contributed by atoms with E-state index >= 15 is 0 Å². The molecule has 148 valence electrons. The lowest BCUT2D eigenvalue weighted by molar-refractivity contribution is 0.0698. The van der Waals surface area contributed by atoms with Gasteiger partial charge in [-0.2, -0.15) is 0 Å². The second-order valence-electron chi connectivity index (χ2n) is 7.45. The number of nitrogens with one attached hydrogen (secondary N) is 1. The molecule has 1 N–H and O–H groups in total.